The van der Waals surface area contributed by atoms with Crippen molar-refractivity contribution >= 4 is 50.6 Å². The number of hydrogen-bond acceptors (Lipinski definition) is 4. The molecule has 0 unspecified atom stereocenters. The molecule has 0 bridgehead atoms. The molecule has 96 valence electrons. The number of halogens is 4. The number of hydrogen-bond donors (Lipinski definition) is 1. The highest BCUT2D eigenvalue weighted by Crippen LogP contribution is 2.41. The lowest BCUT2D eigenvalue weighted by Crippen LogP contribution is -2.04. The molecule has 0 atom stereocenters. The first-order valence-corrected chi connectivity index (χ1v) is 6.03. The summed E-state index contributed by atoms with van der Waals surface area (Å²) in [6, 6.07) is 0.656. The topological polar surface area (TPSA) is 97.5 Å². The molecule has 0 spiro atoms. The number of nitro groups is 1. The van der Waals surface area contributed by atoms with Gasteiger partial charge in [0.1, 0.15) is 5.02 Å². The van der Waals surface area contributed by atoms with Crippen LogP contribution in [0.25, 0.3) is 0 Å². The number of nitrogens with zero attached hydrogens (tertiary/aromatic N) is 1. The normalized spacial score (nSPS) is 10.8. The molecule has 17 heavy (non-hydrogen) atoms. The van der Waals surface area contributed by atoms with Gasteiger partial charge in [-0.3, -0.25) is 19.4 Å². The Balaban J connectivity index is 0.00000256. The fraction of sp³-hybridized carbons (Fsp3) is 0. The average Bonchev–Trinajstić information content (AvgIpc) is 2.11. The lowest BCUT2D eigenvalue weighted by Gasteiger charge is -2.04. The van der Waals surface area contributed by atoms with Crippen molar-refractivity contribution in [1.82, 2.24) is 0 Å². The molecule has 0 fully saturated rings. The first kappa shape index (κ1) is 16.3. The van der Waals surface area contributed by atoms with E-state index in [4.69, 9.17) is 39.4 Å². The van der Waals surface area contributed by atoms with Gasteiger partial charge in [0.15, 0.2) is 4.90 Å². The minimum atomic E-state index is -4.81. The third kappa shape index (κ3) is 3.17. The molecule has 0 aromatic heterocycles. The van der Waals surface area contributed by atoms with Crippen molar-refractivity contribution in [2.24, 2.45) is 0 Å². The number of rotatable bonds is 2. The van der Waals surface area contributed by atoms with Crippen LogP contribution in [-0.4, -0.2) is 17.9 Å². The Hall–Kier alpha value is -0.670. The molecule has 0 aliphatic carbocycles. The van der Waals surface area contributed by atoms with E-state index in [0.717, 1.165) is 0 Å². The van der Waals surface area contributed by atoms with E-state index in [1.54, 1.807) is 0 Å². The van der Waals surface area contributed by atoms with E-state index in [1.807, 2.05) is 0 Å². The summed E-state index contributed by atoms with van der Waals surface area (Å²) in [4.78, 5) is 8.52. The van der Waals surface area contributed by atoms with Crippen LogP contribution in [0, 0.1) is 10.1 Å². The summed E-state index contributed by atoms with van der Waals surface area (Å²) in [5, 5.41) is 9.28. The van der Waals surface area contributed by atoms with Gasteiger partial charge in [-0.25, -0.2) is 0 Å². The fourth-order valence-electron chi connectivity index (χ4n) is 0.931. The van der Waals surface area contributed by atoms with Crippen LogP contribution in [-0.2, 0) is 10.1 Å². The van der Waals surface area contributed by atoms with E-state index in [1.165, 1.54) is 0 Å². The van der Waals surface area contributed by atoms with Gasteiger partial charge in [-0.15, -0.1) is 0 Å². The van der Waals surface area contributed by atoms with Gasteiger partial charge in [0, 0.05) is 0 Å². The zero-order valence-corrected chi connectivity index (χ0v) is 10.6. The first-order chi connectivity index (χ1) is 7.16. The van der Waals surface area contributed by atoms with E-state index in [0.29, 0.717) is 6.07 Å². The maximum Gasteiger partial charge on any atom is 0.310 e. The summed E-state index contributed by atoms with van der Waals surface area (Å²) in [5.41, 5.74) is -1.02. The first-order valence-electron chi connectivity index (χ1n) is 3.45. The molecular formula is C6H3Cl3FNO5S. The van der Waals surface area contributed by atoms with E-state index in [9.17, 15) is 18.5 Å². The lowest BCUT2D eigenvalue weighted by molar-refractivity contribution is -0.387. The molecule has 0 saturated heterocycles. The summed E-state index contributed by atoms with van der Waals surface area (Å²) in [7, 11) is -4.81. The van der Waals surface area contributed by atoms with Crippen LogP contribution in [0.3, 0.4) is 0 Å². The van der Waals surface area contributed by atoms with Crippen molar-refractivity contribution in [2.75, 3.05) is 0 Å². The summed E-state index contributed by atoms with van der Waals surface area (Å²) >= 11 is 16.5. The maximum atomic E-state index is 10.9. The monoisotopic (exact) mass is 325 g/mol. The zero-order valence-electron chi connectivity index (χ0n) is 7.56. The van der Waals surface area contributed by atoms with Gasteiger partial charge in [0.05, 0.1) is 15.0 Å². The van der Waals surface area contributed by atoms with Crippen molar-refractivity contribution in [3.05, 3.63) is 31.2 Å². The van der Waals surface area contributed by atoms with Gasteiger partial charge in [-0.05, 0) is 6.07 Å². The van der Waals surface area contributed by atoms with Gasteiger partial charge >= 0.3 is 15.8 Å². The van der Waals surface area contributed by atoms with Crippen LogP contribution >= 0.6 is 34.8 Å². The highest BCUT2D eigenvalue weighted by atomic mass is 35.5. The van der Waals surface area contributed by atoms with Crippen LogP contribution in [0.4, 0.5) is 10.4 Å². The molecule has 1 N–H and O–H groups in total. The van der Waals surface area contributed by atoms with Crippen LogP contribution in [0.2, 0.25) is 15.1 Å². The van der Waals surface area contributed by atoms with Gasteiger partial charge in [0.25, 0.3) is 0 Å². The third-order valence-electron chi connectivity index (χ3n) is 1.56. The van der Waals surface area contributed by atoms with Gasteiger partial charge in [0.2, 0.25) is 0 Å². The Bertz CT molecular complexity index is 576. The van der Waals surface area contributed by atoms with Crippen LogP contribution in [0.5, 0.6) is 0 Å². The van der Waals surface area contributed by atoms with E-state index < -0.39 is 30.6 Å². The predicted octanol–water partition coefficient (Wildman–Crippen LogP) is 2.95. The molecule has 1 aromatic rings. The highest BCUT2D eigenvalue weighted by Gasteiger charge is 2.30. The third-order valence-corrected chi connectivity index (χ3v) is 3.68. The van der Waals surface area contributed by atoms with Crippen molar-refractivity contribution < 1.29 is 22.6 Å². The molecule has 1 rings (SSSR count). The largest absolute Gasteiger partial charge is 0.310 e. The second-order valence-electron chi connectivity index (χ2n) is 2.57. The summed E-state index contributed by atoms with van der Waals surface area (Å²) in [5.74, 6) is 0. The number of benzene rings is 1. The lowest BCUT2D eigenvalue weighted by atomic mass is 10.3. The molecule has 11 heteroatoms. The predicted molar refractivity (Wildman–Crippen MR) is 60.4 cm³/mol. The summed E-state index contributed by atoms with van der Waals surface area (Å²) in [6.45, 7) is 0. The van der Waals surface area contributed by atoms with Gasteiger partial charge < -0.3 is 0 Å². The zero-order chi connectivity index (χ0) is 12.7. The molecule has 0 saturated carbocycles. The maximum absolute atomic E-state index is 10.9. The van der Waals surface area contributed by atoms with Crippen molar-refractivity contribution in [3.8, 4) is 0 Å². The van der Waals surface area contributed by atoms with E-state index >= 15 is 0 Å². The quantitative estimate of drug-likeness (QED) is 0.390. The molecule has 0 aliphatic heterocycles. The molecule has 0 amide bonds. The van der Waals surface area contributed by atoms with E-state index in [-0.39, 0.29) is 14.7 Å². The summed E-state index contributed by atoms with van der Waals surface area (Å²) in [6.07, 6.45) is 0. The Morgan fingerprint density at radius 1 is 1.24 bits per heavy atom. The molecule has 0 aliphatic rings. The van der Waals surface area contributed by atoms with Crippen molar-refractivity contribution in [2.45, 2.75) is 4.90 Å². The van der Waals surface area contributed by atoms with E-state index in [2.05, 4.69) is 0 Å². The standard InChI is InChI=1S/C6H2Cl3NO5S.FH/c7-2-1-3(16(13,14)15)6(10(11)12)5(9)4(2)8;/h1H,(H,13,14,15);1H. The minimum absolute atomic E-state index is 0. The number of nitro benzene ring substituents is 1. The second-order valence-corrected chi connectivity index (χ2v) is 5.12. The second kappa shape index (κ2) is 5.32. The van der Waals surface area contributed by atoms with Crippen molar-refractivity contribution in [3.63, 3.8) is 0 Å². The average molecular weight is 327 g/mol. The van der Waals surface area contributed by atoms with Crippen LogP contribution in [0.1, 0.15) is 0 Å². The Morgan fingerprint density at radius 3 is 2.06 bits per heavy atom. The highest BCUT2D eigenvalue weighted by molar-refractivity contribution is 7.86. The van der Waals surface area contributed by atoms with Gasteiger partial charge in [-0.1, -0.05) is 34.8 Å². The molecular weight excluding hydrogens is 323 g/mol. The Morgan fingerprint density at radius 2 is 1.71 bits per heavy atom. The van der Waals surface area contributed by atoms with Crippen LogP contribution in [0.15, 0.2) is 11.0 Å². The molecule has 0 heterocycles. The molecule has 0 radical (unpaired) electrons. The van der Waals surface area contributed by atoms with Gasteiger partial charge in [-0.2, -0.15) is 8.42 Å². The Labute approximate surface area is 109 Å². The Kier molecular flexibility index (Phi) is 5.11. The molecule has 6 nitrogen and oxygen atoms in total. The smallest absolute Gasteiger partial charge is 0.282 e. The summed E-state index contributed by atoms with van der Waals surface area (Å²) < 4.78 is 30.5. The van der Waals surface area contributed by atoms with Crippen molar-refractivity contribution in [1.29, 1.82) is 0 Å². The molecule has 1 aromatic carbocycles. The van der Waals surface area contributed by atoms with Crippen LogP contribution < -0.4 is 0 Å². The fourth-order valence-corrected chi connectivity index (χ4v) is 2.41. The SMILES string of the molecule is F.O=[N+]([O-])c1c(S(=O)(=O)O)cc(Cl)c(Cl)c1Cl. The minimum Gasteiger partial charge on any atom is -0.282 e.